The number of hydrogen-bond donors (Lipinski definition) is 0. The third kappa shape index (κ3) is 3.04. The number of nitrogens with zero attached hydrogens (tertiary/aromatic N) is 1. The van der Waals surface area contributed by atoms with Crippen LogP contribution in [0.4, 0.5) is 4.39 Å². The van der Waals surface area contributed by atoms with Crippen LogP contribution in [0.25, 0.3) is 0 Å². The van der Waals surface area contributed by atoms with E-state index in [1.165, 1.54) is 19.2 Å². The zero-order valence-corrected chi connectivity index (χ0v) is 13.0. The maximum absolute atomic E-state index is 14.0. The van der Waals surface area contributed by atoms with Gasteiger partial charge in [0, 0.05) is 6.54 Å². The van der Waals surface area contributed by atoms with Gasteiger partial charge in [0.25, 0.3) is 0 Å². The Balaban J connectivity index is 2.46. The van der Waals surface area contributed by atoms with E-state index in [2.05, 4.69) is 4.74 Å². The maximum atomic E-state index is 14.0. The first kappa shape index (κ1) is 16.2. The number of carbonyl (C=O) groups is 1. The van der Waals surface area contributed by atoms with Crippen LogP contribution in [0, 0.1) is 5.82 Å². The number of sulfonamides is 1. The molecule has 0 radical (unpaired) electrons. The fourth-order valence-electron chi connectivity index (χ4n) is 2.37. The Bertz CT molecular complexity index is 650. The van der Waals surface area contributed by atoms with Crippen LogP contribution in [0.3, 0.4) is 0 Å². The summed E-state index contributed by atoms with van der Waals surface area (Å²) in [7, 11) is -2.95. The van der Waals surface area contributed by atoms with Crippen LogP contribution in [0.1, 0.15) is 19.3 Å². The van der Waals surface area contributed by atoms with Gasteiger partial charge in [0.15, 0.2) is 5.82 Å². The zero-order valence-electron chi connectivity index (χ0n) is 11.4. The van der Waals surface area contributed by atoms with Gasteiger partial charge in [-0.1, -0.05) is 17.7 Å². The predicted molar refractivity (Wildman–Crippen MR) is 75.0 cm³/mol. The van der Waals surface area contributed by atoms with Crippen LogP contribution in [-0.4, -0.2) is 38.4 Å². The zero-order chi connectivity index (χ0) is 15.6. The predicted octanol–water partition coefficient (Wildman–Crippen LogP) is 2.20. The van der Waals surface area contributed by atoms with Crippen LogP contribution in [-0.2, 0) is 19.6 Å². The second kappa shape index (κ2) is 6.29. The minimum absolute atomic E-state index is 0.147. The number of esters is 1. The molecule has 21 heavy (non-hydrogen) atoms. The summed E-state index contributed by atoms with van der Waals surface area (Å²) in [6.07, 6.45) is 1.67. The van der Waals surface area contributed by atoms with Gasteiger partial charge in [0.05, 0.1) is 12.1 Å². The van der Waals surface area contributed by atoms with Crippen molar-refractivity contribution in [1.82, 2.24) is 4.31 Å². The van der Waals surface area contributed by atoms with Crippen molar-refractivity contribution in [2.75, 3.05) is 13.7 Å². The molecule has 0 saturated carbocycles. The van der Waals surface area contributed by atoms with E-state index >= 15 is 0 Å². The molecule has 0 spiro atoms. The minimum Gasteiger partial charge on any atom is -0.468 e. The Morgan fingerprint density at radius 3 is 2.81 bits per heavy atom. The van der Waals surface area contributed by atoms with E-state index in [0.29, 0.717) is 19.3 Å². The second-order valence-corrected chi connectivity index (χ2v) is 6.97. The molecule has 0 aromatic heterocycles. The number of carbonyl (C=O) groups excluding carboxylic acids is 1. The average molecular weight is 336 g/mol. The summed E-state index contributed by atoms with van der Waals surface area (Å²) in [6.45, 7) is 0.147. The number of piperidine rings is 1. The Morgan fingerprint density at radius 1 is 1.43 bits per heavy atom. The van der Waals surface area contributed by atoms with Crippen LogP contribution < -0.4 is 0 Å². The highest BCUT2D eigenvalue weighted by Crippen LogP contribution is 2.29. The molecule has 0 aliphatic carbocycles. The molecule has 8 heteroatoms. The summed E-state index contributed by atoms with van der Waals surface area (Å²) in [6, 6.07) is 2.84. The third-order valence-corrected chi connectivity index (χ3v) is 5.65. The standard InChI is InChI=1S/C13H15ClFNO4S/c1-20-13(17)10-6-2-3-8-16(10)21(18,19)11-7-4-5-9(14)12(11)15/h4-5,7,10H,2-3,6,8H2,1H3/t10-/m1/s1. The number of benzene rings is 1. The van der Waals surface area contributed by atoms with Crippen molar-refractivity contribution in [2.45, 2.75) is 30.2 Å². The maximum Gasteiger partial charge on any atom is 0.324 e. The van der Waals surface area contributed by atoms with E-state index in [1.54, 1.807) is 0 Å². The van der Waals surface area contributed by atoms with Crippen molar-refractivity contribution in [3.63, 3.8) is 0 Å². The highest BCUT2D eigenvalue weighted by molar-refractivity contribution is 7.89. The van der Waals surface area contributed by atoms with Crippen molar-refractivity contribution >= 4 is 27.6 Å². The van der Waals surface area contributed by atoms with Gasteiger partial charge in [-0.2, -0.15) is 4.31 Å². The molecule has 116 valence electrons. The second-order valence-electron chi connectivity index (χ2n) is 4.70. The molecule has 1 aliphatic rings. The Morgan fingerprint density at radius 2 is 2.14 bits per heavy atom. The molecule has 1 heterocycles. The van der Waals surface area contributed by atoms with Crippen LogP contribution in [0.15, 0.2) is 23.1 Å². The van der Waals surface area contributed by atoms with Crippen LogP contribution in [0.5, 0.6) is 0 Å². The van der Waals surface area contributed by atoms with Gasteiger partial charge < -0.3 is 4.74 Å². The van der Waals surface area contributed by atoms with E-state index in [1.807, 2.05) is 0 Å². The topological polar surface area (TPSA) is 63.7 Å². The molecule has 1 aromatic carbocycles. The monoisotopic (exact) mass is 335 g/mol. The first-order valence-electron chi connectivity index (χ1n) is 6.43. The Kier molecular flexibility index (Phi) is 4.85. The van der Waals surface area contributed by atoms with Gasteiger partial charge in [0.2, 0.25) is 10.0 Å². The van der Waals surface area contributed by atoms with Crippen molar-refractivity contribution in [3.8, 4) is 0 Å². The summed E-state index contributed by atoms with van der Waals surface area (Å²) in [5.41, 5.74) is 0. The summed E-state index contributed by atoms with van der Waals surface area (Å²) < 4.78 is 44.9. The van der Waals surface area contributed by atoms with Gasteiger partial charge in [-0.25, -0.2) is 12.8 Å². The molecule has 0 unspecified atom stereocenters. The van der Waals surface area contributed by atoms with Gasteiger partial charge >= 0.3 is 5.97 Å². The summed E-state index contributed by atoms with van der Waals surface area (Å²) in [5, 5.41) is -0.275. The van der Waals surface area contributed by atoms with Gasteiger partial charge in [-0.15, -0.1) is 0 Å². The van der Waals surface area contributed by atoms with Crippen molar-refractivity contribution < 1.29 is 22.3 Å². The molecule has 1 atom stereocenters. The molecule has 0 amide bonds. The number of methoxy groups -OCH3 is 1. The fraction of sp³-hybridized carbons (Fsp3) is 0.462. The Hall–Kier alpha value is -1.18. The molecule has 0 bridgehead atoms. The van der Waals surface area contributed by atoms with E-state index in [9.17, 15) is 17.6 Å². The third-order valence-electron chi connectivity index (χ3n) is 3.43. The Labute approximate surface area is 127 Å². The molecule has 1 fully saturated rings. The fourth-order valence-corrected chi connectivity index (χ4v) is 4.34. The molecule has 0 N–H and O–H groups in total. The van der Waals surface area contributed by atoms with Crippen molar-refractivity contribution in [2.24, 2.45) is 0 Å². The molecule has 2 rings (SSSR count). The first-order chi connectivity index (χ1) is 9.89. The number of halogens is 2. The minimum atomic E-state index is -4.15. The van der Waals surface area contributed by atoms with E-state index in [-0.39, 0.29) is 11.6 Å². The quantitative estimate of drug-likeness (QED) is 0.794. The lowest BCUT2D eigenvalue weighted by Gasteiger charge is -2.32. The number of hydrogen-bond acceptors (Lipinski definition) is 4. The smallest absolute Gasteiger partial charge is 0.324 e. The van der Waals surface area contributed by atoms with Gasteiger partial charge in [-0.3, -0.25) is 4.79 Å². The van der Waals surface area contributed by atoms with E-state index in [0.717, 1.165) is 10.4 Å². The van der Waals surface area contributed by atoms with Crippen molar-refractivity contribution in [3.05, 3.63) is 29.0 Å². The molecule has 1 aliphatic heterocycles. The van der Waals surface area contributed by atoms with Crippen LogP contribution in [0.2, 0.25) is 5.02 Å². The molecular formula is C13H15ClFNO4S. The van der Waals surface area contributed by atoms with Gasteiger partial charge in [-0.05, 0) is 31.4 Å². The van der Waals surface area contributed by atoms with Crippen LogP contribution >= 0.6 is 11.6 Å². The highest BCUT2D eigenvalue weighted by Gasteiger charge is 2.39. The highest BCUT2D eigenvalue weighted by atomic mass is 35.5. The normalized spacial score (nSPS) is 20.2. The average Bonchev–Trinajstić information content (AvgIpc) is 2.49. The number of ether oxygens (including phenoxy) is 1. The first-order valence-corrected chi connectivity index (χ1v) is 8.25. The lowest BCUT2D eigenvalue weighted by molar-refractivity contribution is -0.146. The molecule has 5 nitrogen and oxygen atoms in total. The van der Waals surface area contributed by atoms with E-state index < -0.39 is 32.7 Å². The molecular weight excluding hydrogens is 321 g/mol. The lowest BCUT2D eigenvalue weighted by atomic mass is 10.1. The molecule has 1 aromatic rings. The SMILES string of the molecule is COC(=O)[C@H]1CCCCN1S(=O)(=O)c1cccc(Cl)c1F. The number of rotatable bonds is 3. The van der Waals surface area contributed by atoms with E-state index in [4.69, 9.17) is 11.6 Å². The summed E-state index contributed by atoms with van der Waals surface area (Å²) in [4.78, 5) is 11.2. The van der Waals surface area contributed by atoms with Crippen molar-refractivity contribution in [1.29, 1.82) is 0 Å². The molecule has 1 saturated heterocycles. The van der Waals surface area contributed by atoms with Gasteiger partial charge in [0.1, 0.15) is 10.9 Å². The summed E-state index contributed by atoms with van der Waals surface area (Å²) >= 11 is 5.64. The lowest BCUT2D eigenvalue weighted by Crippen LogP contribution is -2.48. The summed E-state index contributed by atoms with van der Waals surface area (Å²) in [5.74, 6) is -1.64. The largest absolute Gasteiger partial charge is 0.468 e.